The molecule has 1 unspecified atom stereocenters. The molecule has 0 aromatic carbocycles. The van der Waals surface area contributed by atoms with E-state index in [0.717, 1.165) is 10.7 Å². The van der Waals surface area contributed by atoms with E-state index in [1.54, 1.807) is 11.3 Å². The van der Waals surface area contributed by atoms with Gasteiger partial charge in [0.15, 0.2) is 0 Å². The lowest BCUT2D eigenvalue weighted by Gasteiger charge is -2.13. The minimum absolute atomic E-state index is 0.308. The quantitative estimate of drug-likeness (QED) is 0.856. The molecule has 96 valence electrons. The monoisotopic (exact) mass is 282 g/mol. The van der Waals surface area contributed by atoms with Crippen LogP contribution in [0.4, 0.5) is 0 Å². The number of nitrogens with one attached hydrogen (secondary N) is 1. The third-order valence-electron chi connectivity index (χ3n) is 2.43. The van der Waals surface area contributed by atoms with Crippen molar-refractivity contribution in [2.75, 3.05) is 7.11 Å². The summed E-state index contributed by atoms with van der Waals surface area (Å²) >= 11 is 3.18. The van der Waals surface area contributed by atoms with Gasteiger partial charge in [-0.25, -0.2) is 9.78 Å². The first-order chi connectivity index (χ1) is 8.70. The number of thiazole rings is 1. The van der Waals surface area contributed by atoms with Crippen molar-refractivity contribution in [1.29, 1.82) is 0 Å². The summed E-state index contributed by atoms with van der Waals surface area (Å²) in [5.41, 5.74) is 0.723. The van der Waals surface area contributed by atoms with Crippen molar-refractivity contribution < 1.29 is 9.53 Å². The van der Waals surface area contributed by atoms with Crippen LogP contribution in [0, 0.1) is 6.92 Å². The molecule has 0 fully saturated rings. The minimum Gasteiger partial charge on any atom is -0.468 e. The zero-order valence-electron chi connectivity index (χ0n) is 10.2. The molecule has 0 radical (unpaired) electrons. The Morgan fingerprint density at radius 3 is 2.94 bits per heavy atom. The number of hydrogen-bond donors (Lipinski definition) is 1. The summed E-state index contributed by atoms with van der Waals surface area (Å²) in [4.78, 5) is 17.3. The van der Waals surface area contributed by atoms with Crippen LogP contribution in [0.1, 0.15) is 21.6 Å². The van der Waals surface area contributed by atoms with Gasteiger partial charge in [-0.2, -0.15) is 0 Å². The van der Waals surface area contributed by atoms with Crippen LogP contribution in [0.25, 0.3) is 0 Å². The Kier molecular flexibility index (Phi) is 4.46. The van der Waals surface area contributed by atoms with Gasteiger partial charge in [-0.1, -0.05) is 6.07 Å². The summed E-state index contributed by atoms with van der Waals surface area (Å²) in [7, 11) is 1.39. The topological polar surface area (TPSA) is 51.2 Å². The fourth-order valence-electron chi connectivity index (χ4n) is 1.56. The Bertz CT molecular complexity index is 508. The lowest BCUT2D eigenvalue weighted by Crippen LogP contribution is -2.29. The smallest absolute Gasteiger partial charge is 0.329 e. The highest BCUT2D eigenvalue weighted by molar-refractivity contribution is 7.10. The molecule has 2 rings (SSSR count). The van der Waals surface area contributed by atoms with E-state index in [9.17, 15) is 4.79 Å². The number of thiophene rings is 1. The van der Waals surface area contributed by atoms with Crippen LogP contribution < -0.4 is 5.32 Å². The van der Waals surface area contributed by atoms with Crippen molar-refractivity contribution in [2.24, 2.45) is 0 Å². The SMILES string of the molecule is COC(=O)C(NCc1cccs1)c1csc(C)n1. The van der Waals surface area contributed by atoms with E-state index in [1.165, 1.54) is 23.3 Å². The molecule has 6 heteroatoms. The zero-order valence-corrected chi connectivity index (χ0v) is 11.8. The van der Waals surface area contributed by atoms with E-state index in [4.69, 9.17) is 4.74 Å². The third-order valence-corrected chi connectivity index (χ3v) is 4.10. The van der Waals surface area contributed by atoms with E-state index in [2.05, 4.69) is 10.3 Å². The minimum atomic E-state index is -0.498. The van der Waals surface area contributed by atoms with Gasteiger partial charge in [-0.15, -0.1) is 22.7 Å². The molecule has 0 aliphatic carbocycles. The van der Waals surface area contributed by atoms with Gasteiger partial charge in [0, 0.05) is 16.8 Å². The largest absolute Gasteiger partial charge is 0.468 e. The summed E-state index contributed by atoms with van der Waals surface area (Å²) in [5.74, 6) is -0.308. The van der Waals surface area contributed by atoms with Gasteiger partial charge in [0.2, 0.25) is 0 Å². The van der Waals surface area contributed by atoms with Gasteiger partial charge in [-0.05, 0) is 18.4 Å². The second-order valence-electron chi connectivity index (χ2n) is 3.71. The summed E-state index contributed by atoms with van der Waals surface area (Å²) in [5, 5.41) is 8.02. The van der Waals surface area contributed by atoms with Gasteiger partial charge in [0.25, 0.3) is 0 Å². The van der Waals surface area contributed by atoms with Gasteiger partial charge in [0.05, 0.1) is 17.8 Å². The molecule has 0 spiro atoms. The van der Waals surface area contributed by atoms with Gasteiger partial charge in [0.1, 0.15) is 6.04 Å². The van der Waals surface area contributed by atoms with Crippen molar-refractivity contribution in [3.63, 3.8) is 0 Å². The summed E-state index contributed by atoms with van der Waals surface area (Å²) < 4.78 is 4.81. The maximum Gasteiger partial charge on any atom is 0.329 e. The molecule has 0 saturated carbocycles. The number of carbonyl (C=O) groups is 1. The molecule has 1 atom stereocenters. The van der Waals surface area contributed by atoms with Gasteiger partial charge >= 0.3 is 5.97 Å². The van der Waals surface area contributed by atoms with Crippen LogP contribution >= 0.6 is 22.7 Å². The Morgan fingerprint density at radius 1 is 1.56 bits per heavy atom. The molecule has 18 heavy (non-hydrogen) atoms. The molecule has 2 heterocycles. The number of esters is 1. The first-order valence-electron chi connectivity index (χ1n) is 5.46. The highest BCUT2D eigenvalue weighted by Crippen LogP contribution is 2.19. The molecule has 2 aromatic rings. The molecule has 0 bridgehead atoms. The predicted molar refractivity (Wildman–Crippen MR) is 72.8 cm³/mol. The van der Waals surface area contributed by atoms with Crippen molar-refractivity contribution >= 4 is 28.6 Å². The third kappa shape index (κ3) is 3.16. The van der Waals surface area contributed by atoms with Crippen molar-refractivity contribution in [3.05, 3.63) is 38.5 Å². The molecule has 1 N–H and O–H groups in total. The predicted octanol–water partition coefficient (Wildman–Crippen LogP) is 2.52. The average molecular weight is 282 g/mol. The Hall–Kier alpha value is -1.24. The number of ether oxygens (including phenoxy) is 1. The molecule has 2 aromatic heterocycles. The van der Waals surface area contributed by atoms with Gasteiger partial charge in [-0.3, -0.25) is 5.32 Å². The van der Waals surface area contributed by atoms with Crippen LogP contribution in [-0.4, -0.2) is 18.1 Å². The Morgan fingerprint density at radius 2 is 2.39 bits per heavy atom. The molecule has 0 amide bonds. The number of aryl methyl sites for hydroxylation is 1. The standard InChI is InChI=1S/C12H14N2O2S2/c1-8-14-10(7-18-8)11(12(15)16-2)13-6-9-4-3-5-17-9/h3-5,7,11,13H,6H2,1-2H3. The first kappa shape index (κ1) is 13.2. The second-order valence-corrected chi connectivity index (χ2v) is 5.80. The van der Waals surface area contributed by atoms with Gasteiger partial charge < -0.3 is 4.74 Å². The molecular formula is C12H14N2O2S2. The highest BCUT2D eigenvalue weighted by atomic mass is 32.1. The van der Waals surface area contributed by atoms with Crippen LogP contribution in [0.5, 0.6) is 0 Å². The number of rotatable bonds is 5. The number of aromatic nitrogens is 1. The van der Waals surface area contributed by atoms with Crippen LogP contribution in [0.3, 0.4) is 0 Å². The summed E-state index contributed by atoms with van der Waals surface area (Å²) in [6, 6.07) is 3.52. The summed E-state index contributed by atoms with van der Waals surface area (Å²) in [6.07, 6.45) is 0. The molecule has 0 saturated heterocycles. The number of hydrogen-bond acceptors (Lipinski definition) is 6. The van der Waals surface area contributed by atoms with Crippen LogP contribution in [-0.2, 0) is 16.1 Å². The lowest BCUT2D eigenvalue weighted by molar-refractivity contribution is -0.143. The average Bonchev–Trinajstić information content (AvgIpc) is 3.01. The van der Waals surface area contributed by atoms with Crippen LogP contribution in [0.15, 0.2) is 22.9 Å². The maximum absolute atomic E-state index is 11.8. The Balaban J connectivity index is 2.08. The fourth-order valence-corrected chi connectivity index (χ4v) is 2.85. The lowest BCUT2D eigenvalue weighted by atomic mass is 10.2. The number of methoxy groups -OCH3 is 1. The molecule has 4 nitrogen and oxygen atoms in total. The van der Waals surface area contributed by atoms with Crippen LogP contribution in [0.2, 0.25) is 0 Å². The highest BCUT2D eigenvalue weighted by Gasteiger charge is 2.23. The van der Waals surface area contributed by atoms with Crippen molar-refractivity contribution in [3.8, 4) is 0 Å². The molecular weight excluding hydrogens is 268 g/mol. The zero-order chi connectivity index (χ0) is 13.0. The van der Waals surface area contributed by atoms with E-state index in [1.807, 2.05) is 29.8 Å². The normalized spacial score (nSPS) is 12.3. The van der Waals surface area contributed by atoms with Crippen molar-refractivity contribution in [1.82, 2.24) is 10.3 Å². The maximum atomic E-state index is 11.8. The summed E-state index contributed by atoms with van der Waals surface area (Å²) in [6.45, 7) is 2.55. The van der Waals surface area contributed by atoms with E-state index in [0.29, 0.717) is 6.54 Å². The first-order valence-corrected chi connectivity index (χ1v) is 7.22. The number of carbonyl (C=O) groups excluding carboxylic acids is 1. The van der Waals surface area contributed by atoms with E-state index < -0.39 is 6.04 Å². The fraction of sp³-hybridized carbons (Fsp3) is 0.333. The van der Waals surface area contributed by atoms with E-state index in [-0.39, 0.29) is 5.97 Å². The Labute approximate surface area is 114 Å². The molecule has 0 aliphatic rings. The molecule has 0 aliphatic heterocycles. The second kappa shape index (κ2) is 6.08. The van der Waals surface area contributed by atoms with E-state index >= 15 is 0 Å². The van der Waals surface area contributed by atoms with Crippen molar-refractivity contribution in [2.45, 2.75) is 19.5 Å². The number of nitrogens with zero attached hydrogens (tertiary/aromatic N) is 1.